The fourth-order valence-electron chi connectivity index (χ4n) is 2.20. The molecular weight excluding hydrogens is 314 g/mol. The Labute approximate surface area is 131 Å². The van der Waals surface area contributed by atoms with Gasteiger partial charge in [-0.3, -0.25) is 4.79 Å². The van der Waals surface area contributed by atoms with Gasteiger partial charge in [-0.25, -0.2) is 0 Å². The van der Waals surface area contributed by atoms with Crippen molar-refractivity contribution in [2.45, 2.75) is 52.4 Å². The summed E-state index contributed by atoms with van der Waals surface area (Å²) in [6, 6.07) is 7.67. The van der Waals surface area contributed by atoms with Crippen LogP contribution in [-0.2, 0) is 0 Å². The number of carbonyl (C=O) groups is 1. The van der Waals surface area contributed by atoms with Crippen LogP contribution in [0.1, 0.15) is 62.7 Å². The molecule has 1 amide bonds. The zero-order valence-corrected chi connectivity index (χ0v) is 14.3. The molecule has 0 radical (unpaired) electrons. The minimum Gasteiger partial charge on any atom is -0.339 e. The van der Waals surface area contributed by atoms with E-state index in [2.05, 4.69) is 29.8 Å². The Bertz CT molecular complexity index is 378. The zero-order valence-electron chi connectivity index (χ0n) is 12.7. The lowest BCUT2D eigenvalue weighted by Gasteiger charge is -2.23. The molecule has 20 heavy (non-hydrogen) atoms. The molecule has 3 heteroatoms. The first kappa shape index (κ1) is 17.2. The Morgan fingerprint density at radius 3 is 1.90 bits per heavy atom. The van der Waals surface area contributed by atoms with E-state index in [4.69, 9.17) is 0 Å². The quantitative estimate of drug-likeness (QED) is 0.561. The van der Waals surface area contributed by atoms with Crippen molar-refractivity contribution in [2.75, 3.05) is 13.1 Å². The van der Waals surface area contributed by atoms with Gasteiger partial charge in [0.2, 0.25) is 0 Å². The van der Waals surface area contributed by atoms with Gasteiger partial charge in [0.1, 0.15) is 0 Å². The van der Waals surface area contributed by atoms with Crippen molar-refractivity contribution in [3.63, 3.8) is 0 Å². The summed E-state index contributed by atoms with van der Waals surface area (Å²) in [4.78, 5) is 14.6. The van der Waals surface area contributed by atoms with Crippen molar-refractivity contribution >= 4 is 21.8 Å². The number of benzene rings is 1. The monoisotopic (exact) mass is 339 g/mol. The Morgan fingerprint density at radius 1 is 0.950 bits per heavy atom. The normalized spacial score (nSPS) is 10.6. The van der Waals surface area contributed by atoms with Crippen LogP contribution in [0.15, 0.2) is 28.7 Å². The smallest absolute Gasteiger partial charge is 0.253 e. The van der Waals surface area contributed by atoms with Crippen molar-refractivity contribution < 1.29 is 4.79 Å². The minimum atomic E-state index is 0.171. The molecule has 0 bridgehead atoms. The van der Waals surface area contributed by atoms with Crippen molar-refractivity contribution in [1.29, 1.82) is 0 Å². The molecule has 0 unspecified atom stereocenters. The maximum atomic E-state index is 12.6. The highest BCUT2D eigenvalue weighted by atomic mass is 79.9. The molecule has 1 rings (SSSR count). The average molecular weight is 340 g/mol. The van der Waals surface area contributed by atoms with Crippen LogP contribution in [0.4, 0.5) is 0 Å². The van der Waals surface area contributed by atoms with Gasteiger partial charge in [0, 0.05) is 23.1 Å². The number of unbranched alkanes of at least 4 members (excludes halogenated alkanes) is 4. The molecule has 112 valence electrons. The summed E-state index contributed by atoms with van der Waals surface area (Å²) in [7, 11) is 0. The van der Waals surface area contributed by atoms with Crippen LogP contribution in [0.3, 0.4) is 0 Å². The third-order valence-electron chi connectivity index (χ3n) is 3.44. The zero-order chi connectivity index (χ0) is 14.8. The van der Waals surface area contributed by atoms with Crippen LogP contribution in [0.5, 0.6) is 0 Å². The molecule has 0 aliphatic rings. The Balaban J connectivity index is 2.63. The highest BCUT2D eigenvalue weighted by Crippen LogP contribution is 2.13. The third kappa shape index (κ3) is 6.08. The lowest BCUT2D eigenvalue weighted by Crippen LogP contribution is -2.33. The second-order valence-corrected chi connectivity index (χ2v) is 6.13. The summed E-state index contributed by atoms with van der Waals surface area (Å²) in [6.45, 7) is 6.15. The van der Waals surface area contributed by atoms with E-state index in [1.165, 1.54) is 25.7 Å². The Kier molecular flexibility index (Phi) is 8.59. The maximum absolute atomic E-state index is 12.6. The lowest BCUT2D eigenvalue weighted by molar-refractivity contribution is 0.0749. The standard InChI is InChI=1S/C17H26BrNO/c1-3-5-7-13-19(14-8-6-4-2)17(20)15-9-11-16(18)12-10-15/h9-12H,3-8,13-14H2,1-2H3. The van der Waals surface area contributed by atoms with Crippen molar-refractivity contribution in [1.82, 2.24) is 4.90 Å². The minimum absolute atomic E-state index is 0.171. The molecule has 0 saturated carbocycles. The van der Waals surface area contributed by atoms with E-state index in [1.807, 2.05) is 29.2 Å². The molecule has 0 N–H and O–H groups in total. The number of rotatable bonds is 9. The number of carbonyl (C=O) groups excluding carboxylic acids is 1. The van der Waals surface area contributed by atoms with Gasteiger partial charge in [-0.1, -0.05) is 55.5 Å². The van der Waals surface area contributed by atoms with Crippen LogP contribution in [0.2, 0.25) is 0 Å². The van der Waals surface area contributed by atoms with Gasteiger partial charge in [0.15, 0.2) is 0 Å². The lowest BCUT2D eigenvalue weighted by atomic mass is 10.1. The van der Waals surface area contributed by atoms with Gasteiger partial charge >= 0.3 is 0 Å². The predicted molar refractivity (Wildman–Crippen MR) is 89.1 cm³/mol. The molecule has 1 aromatic rings. The molecule has 0 saturated heterocycles. The molecule has 0 spiro atoms. The predicted octanol–water partition coefficient (Wildman–Crippen LogP) is 5.27. The van der Waals surface area contributed by atoms with Crippen LogP contribution in [0, 0.1) is 0 Å². The van der Waals surface area contributed by atoms with Gasteiger partial charge in [0.05, 0.1) is 0 Å². The summed E-state index contributed by atoms with van der Waals surface area (Å²) in [5.74, 6) is 0.171. The van der Waals surface area contributed by atoms with Crippen LogP contribution in [0.25, 0.3) is 0 Å². The van der Waals surface area contributed by atoms with Crippen LogP contribution >= 0.6 is 15.9 Å². The largest absolute Gasteiger partial charge is 0.339 e. The molecule has 0 aromatic heterocycles. The van der Waals surface area contributed by atoms with Gasteiger partial charge < -0.3 is 4.90 Å². The topological polar surface area (TPSA) is 20.3 Å². The SMILES string of the molecule is CCCCCN(CCCCC)C(=O)c1ccc(Br)cc1. The van der Waals surface area contributed by atoms with Crippen LogP contribution < -0.4 is 0 Å². The first-order valence-electron chi connectivity index (χ1n) is 7.73. The number of hydrogen-bond donors (Lipinski definition) is 0. The van der Waals surface area contributed by atoms with Gasteiger partial charge in [-0.15, -0.1) is 0 Å². The molecule has 2 nitrogen and oxygen atoms in total. The number of amides is 1. The summed E-state index contributed by atoms with van der Waals surface area (Å²) < 4.78 is 1.01. The van der Waals surface area contributed by atoms with E-state index < -0.39 is 0 Å². The highest BCUT2D eigenvalue weighted by molar-refractivity contribution is 9.10. The van der Waals surface area contributed by atoms with Gasteiger partial charge in [-0.05, 0) is 37.1 Å². The van der Waals surface area contributed by atoms with E-state index in [9.17, 15) is 4.79 Å². The molecule has 0 aliphatic carbocycles. The van der Waals surface area contributed by atoms with E-state index in [0.717, 1.165) is 36.0 Å². The van der Waals surface area contributed by atoms with E-state index in [1.54, 1.807) is 0 Å². The molecule has 1 aromatic carbocycles. The molecule has 0 fully saturated rings. The van der Waals surface area contributed by atoms with E-state index in [0.29, 0.717) is 0 Å². The third-order valence-corrected chi connectivity index (χ3v) is 3.97. The first-order chi connectivity index (χ1) is 9.69. The average Bonchev–Trinajstić information content (AvgIpc) is 2.46. The fourth-order valence-corrected chi connectivity index (χ4v) is 2.46. The Hall–Kier alpha value is -0.830. The summed E-state index contributed by atoms with van der Waals surface area (Å²) in [5, 5.41) is 0. The first-order valence-corrected chi connectivity index (χ1v) is 8.53. The maximum Gasteiger partial charge on any atom is 0.253 e. The highest BCUT2D eigenvalue weighted by Gasteiger charge is 2.14. The molecule has 0 heterocycles. The Morgan fingerprint density at radius 2 is 1.45 bits per heavy atom. The van der Waals surface area contributed by atoms with E-state index >= 15 is 0 Å². The van der Waals surface area contributed by atoms with Gasteiger partial charge in [-0.2, -0.15) is 0 Å². The summed E-state index contributed by atoms with van der Waals surface area (Å²) in [5.41, 5.74) is 0.793. The summed E-state index contributed by atoms with van der Waals surface area (Å²) >= 11 is 3.41. The molecule has 0 atom stereocenters. The fraction of sp³-hybridized carbons (Fsp3) is 0.588. The number of hydrogen-bond acceptors (Lipinski definition) is 1. The number of halogens is 1. The van der Waals surface area contributed by atoms with Crippen molar-refractivity contribution in [2.24, 2.45) is 0 Å². The van der Waals surface area contributed by atoms with Crippen molar-refractivity contribution in [3.8, 4) is 0 Å². The molecular formula is C17H26BrNO. The van der Waals surface area contributed by atoms with E-state index in [-0.39, 0.29) is 5.91 Å². The number of nitrogens with zero attached hydrogens (tertiary/aromatic N) is 1. The second kappa shape index (κ2) is 9.98. The van der Waals surface area contributed by atoms with Crippen molar-refractivity contribution in [3.05, 3.63) is 34.3 Å². The van der Waals surface area contributed by atoms with Gasteiger partial charge in [0.25, 0.3) is 5.91 Å². The molecule has 0 aliphatic heterocycles. The second-order valence-electron chi connectivity index (χ2n) is 5.21. The summed E-state index contributed by atoms with van der Waals surface area (Å²) in [6.07, 6.45) is 6.97. The van der Waals surface area contributed by atoms with Crippen LogP contribution in [-0.4, -0.2) is 23.9 Å².